The van der Waals surface area contributed by atoms with Crippen molar-refractivity contribution in [2.24, 2.45) is 0 Å². The van der Waals surface area contributed by atoms with Crippen LogP contribution in [-0.2, 0) is 4.74 Å². The molecule has 1 aliphatic heterocycles. The predicted molar refractivity (Wildman–Crippen MR) is 120 cm³/mol. The van der Waals surface area contributed by atoms with Crippen LogP contribution in [0, 0.1) is 12.7 Å². The normalized spacial score (nSPS) is 15.5. The van der Waals surface area contributed by atoms with Gasteiger partial charge < -0.3 is 29.8 Å². The van der Waals surface area contributed by atoms with Crippen molar-refractivity contribution in [2.75, 3.05) is 18.5 Å². The van der Waals surface area contributed by atoms with E-state index in [0.717, 1.165) is 11.3 Å². The van der Waals surface area contributed by atoms with Crippen LogP contribution in [0.15, 0.2) is 36.7 Å². The Kier molecular flexibility index (Phi) is 5.67. The van der Waals surface area contributed by atoms with Crippen LogP contribution in [0.4, 0.5) is 15.9 Å². The minimum atomic E-state index is -0.791. The van der Waals surface area contributed by atoms with E-state index in [-0.39, 0.29) is 11.0 Å². The summed E-state index contributed by atoms with van der Waals surface area (Å²) in [5.41, 5.74) is 1.03. The molecule has 0 bridgehead atoms. The first kappa shape index (κ1) is 21.9. The van der Waals surface area contributed by atoms with E-state index in [1.54, 1.807) is 13.0 Å². The molecule has 0 radical (unpaired) electrons. The minimum Gasteiger partial charge on any atom is -0.492 e. The topological polar surface area (TPSA) is 128 Å². The molecule has 0 saturated carbocycles. The number of carbonyl (C=O) groups is 1. The number of benzene rings is 1. The Balaban J connectivity index is 1.47. The van der Waals surface area contributed by atoms with Gasteiger partial charge in [0.1, 0.15) is 39.5 Å². The van der Waals surface area contributed by atoms with Crippen molar-refractivity contribution in [3.63, 3.8) is 0 Å². The maximum Gasteiger partial charge on any atom is 0.374 e. The Hall–Kier alpha value is -3.90. The van der Waals surface area contributed by atoms with E-state index >= 15 is 0 Å². The third kappa shape index (κ3) is 4.08. The number of nitrogens with zero attached hydrogens (tertiary/aromatic N) is 3. The number of aromatic nitrogens is 3. The van der Waals surface area contributed by atoms with Gasteiger partial charge in [0, 0.05) is 24.6 Å². The molecule has 0 unspecified atom stereocenters. The standard InChI is InChI=1S/C22H19FN4O6S/c1-11-18-20(26-14-3-2-12(23)8-15(14)32-13-6-7-31-9-13)24-10-25-21(18)34-19(11)22(30)33-27-16(28)4-5-17(27)29/h2-5,8,10,13,28-29H,6-7,9H2,1H3,(H,24,25,26)/t13-/m1/s1. The lowest BCUT2D eigenvalue weighted by atomic mass is 10.2. The molecule has 176 valence electrons. The highest BCUT2D eigenvalue weighted by molar-refractivity contribution is 7.20. The fraction of sp³-hybridized carbons (Fsp3) is 0.227. The summed E-state index contributed by atoms with van der Waals surface area (Å²) in [6.07, 6.45) is 1.86. The SMILES string of the molecule is Cc1c(C(=O)On2c(O)ccc2O)sc2ncnc(Nc3ccc(F)cc3O[C@@H]3CCOC3)c12. The summed E-state index contributed by atoms with van der Waals surface area (Å²) in [6, 6.07) is 6.52. The predicted octanol–water partition coefficient (Wildman–Crippen LogP) is 3.53. The Labute approximate surface area is 196 Å². The first-order chi connectivity index (χ1) is 16.4. The van der Waals surface area contributed by atoms with Gasteiger partial charge in [-0.05, 0) is 24.6 Å². The second kappa shape index (κ2) is 8.80. The summed E-state index contributed by atoms with van der Waals surface area (Å²) < 4.78 is 25.8. The van der Waals surface area contributed by atoms with Gasteiger partial charge in [-0.3, -0.25) is 0 Å². The van der Waals surface area contributed by atoms with Gasteiger partial charge in [0.25, 0.3) is 0 Å². The van der Waals surface area contributed by atoms with Crippen molar-refractivity contribution >= 4 is 39.0 Å². The molecule has 0 spiro atoms. The average molecular weight is 486 g/mol. The number of aromatic hydroxyl groups is 2. The van der Waals surface area contributed by atoms with Crippen LogP contribution in [-0.4, -0.2) is 50.2 Å². The molecule has 12 heteroatoms. The van der Waals surface area contributed by atoms with Gasteiger partial charge in [0.15, 0.2) is 0 Å². The molecule has 34 heavy (non-hydrogen) atoms. The zero-order chi connectivity index (χ0) is 23.8. The first-order valence-corrected chi connectivity index (χ1v) is 11.1. The van der Waals surface area contributed by atoms with Gasteiger partial charge in [0.2, 0.25) is 11.8 Å². The summed E-state index contributed by atoms with van der Waals surface area (Å²) >= 11 is 1.07. The second-order valence-electron chi connectivity index (χ2n) is 7.55. The average Bonchev–Trinajstić information content (AvgIpc) is 3.52. The Morgan fingerprint density at radius 1 is 1.26 bits per heavy atom. The van der Waals surface area contributed by atoms with E-state index in [0.29, 0.717) is 57.4 Å². The van der Waals surface area contributed by atoms with E-state index in [9.17, 15) is 19.4 Å². The van der Waals surface area contributed by atoms with E-state index in [1.807, 2.05) is 0 Å². The van der Waals surface area contributed by atoms with Gasteiger partial charge in [-0.15, -0.1) is 16.1 Å². The van der Waals surface area contributed by atoms with Gasteiger partial charge in [0.05, 0.1) is 24.3 Å². The molecule has 3 N–H and O–H groups in total. The van der Waals surface area contributed by atoms with Crippen molar-refractivity contribution in [3.8, 4) is 17.5 Å². The molecule has 1 aliphatic rings. The quantitative estimate of drug-likeness (QED) is 0.375. The molecule has 4 heterocycles. The molecule has 10 nitrogen and oxygen atoms in total. The van der Waals surface area contributed by atoms with Gasteiger partial charge in [-0.1, -0.05) is 0 Å². The molecular weight excluding hydrogens is 467 g/mol. The number of rotatable bonds is 6. The molecule has 0 aliphatic carbocycles. The van der Waals surface area contributed by atoms with Crippen molar-refractivity contribution in [1.29, 1.82) is 0 Å². The van der Waals surface area contributed by atoms with Crippen LogP contribution in [0.5, 0.6) is 17.5 Å². The first-order valence-electron chi connectivity index (χ1n) is 10.3. The van der Waals surface area contributed by atoms with Crippen LogP contribution in [0.3, 0.4) is 0 Å². The molecule has 1 aromatic carbocycles. The van der Waals surface area contributed by atoms with Crippen molar-refractivity contribution in [1.82, 2.24) is 14.7 Å². The number of halogens is 1. The second-order valence-corrected chi connectivity index (χ2v) is 8.55. The zero-order valence-corrected chi connectivity index (χ0v) is 18.6. The highest BCUT2D eigenvalue weighted by atomic mass is 32.1. The molecule has 0 amide bonds. The lowest BCUT2D eigenvalue weighted by Crippen LogP contribution is -2.18. The van der Waals surface area contributed by atoms with Crippen LogP contribution in [0.1, 0.15) is 21.7 Å². The summed E-state index contributed by atoms with van der Waals surface area (Å²) in [7, 11) is 0. The van der Waals surface area contributed by atoms with Gasteiger partial charge in [-0.25, -0.2) is 19.2 Å². The lowest BCUT2D eigenvalue weighted by Gasteiger charge is -2.17. The monoisotopic (exact) mass is 486 g/mol. The van der Waals surface area contributed by atoms with Crippen LogP contribution in [0.2, 0.25) is 0 Å². The molecular formula is C22H19FN4O6S. The molecule has 4 aromatic rings. The summed E-state index contributed by atoms with van der Waals surface area (Å²) in [5.74, 6) is -1.38. The van der Waals surface area contributed by atoms with Gasteiger partial charge >= 0.3 is 5.97 Å². The third-order valence-electron chi connectivity index (χ3n) is 5.26. The number of anilines is 2. The van der Waals surface area contributed by atoms with Crippen LogP contribution in [0.25, 0.3) is 10.2 Å². The summed E-state index contributed by atoms with van der Waals surface area (Å²) in [4.78, 5) is 27.2. The highest BCUT2D eigenvalue weighted by Crippen LogP contribution is 2.37. The number of thiophene rings is 1. The number of hydrogen-bond donors (Lipinski definition) is 3. The fourth-order valence-electron chi connectivity index (χ4n) is 3.59. The molecule has 5 rings (SSSR count). The number of carbonyl (C=O) groups excluding carboxylic acids is 1. The Bertz CT molecular complexity index is 1360. The van der Waals surface area contributed by atoms with Crippen LogP contribution >= 0.6 is 11.3 Å². The number of ether oxygens (including phenoxy) is 2. The Morgan fingerprint density at radius 3 is 2.79 bits per heavy atom. The largest absolute Gasteiger partial charge is 0.492 e. The van der Waals surface area contributed by atoms with Crippen molar-refractivity contribution in [3.05, 3.63) is 52.9 Å². The third-order valence-corrected chi connectivity index (χ3v) is 6.44. The fourth-order valence-corrected chi connectivity index (χ4v) is 4.61. The Morgan fingerprint density at radius 2 is 2.06 bits per heavy atom. The summed E-state index contributed by atoms with van der Waals surface area (Å²) in [6.45, 7) is 2.72. The van der Waals surface area contributed by atoms with E-state index < -0.39 is 23.5 Å². The maximum atomic E-state index is 13.9. The molecule has 1 saturated heterocycles. The zero-order valence-electron chi connectivity index (χ0n) is 17.8. The van der Waals surface area contributed by atoms with Gasteiger partial charge in [-0.2, -0.15) is 0 Å². The van der Waals surface area contributed by atoms with Crippen molar-refractivity contribution in [2.45, 2.75) is 19.4 Å². The molecule has 1 atom stereocenters. The number of hydrogen-bond acceptors (Lipinski definition) is 10. The van der Waals surface area contributed by atoms with E-state index in [1.165, 1.54) is 30.6 Å². The minimum absolute atomic E-state index is 0.182. The maximum absolute atomic E-state index is 13.9. The smallest absolute Gasteiger partial charge is 0.374 e. The van der Waals surface area contributed by atoms with Crippen molar-refractivity contribution < 1.29 is 33.7 Å². The summed E-state index contributed by atoms with van der Waals surface area (Å²) in [5, 5.41) is 23.2. The highest BCUT2D eigenvalue weighted by Gasteiger charge is 2.24. The number of fused-ring (bicyclic) bond motifs is 1. The molecule has 1 fully saturated rings. The number of nitrogens with one attached hydrogen (secondary N) is 1. The van der Waals surface area contributed by atoms with E-state index in [2.05, 4.69) is 15.3 Å². The lowest BCUT2D eigenvalue weighted by molar-refractivity contribution is 0.0386. The van der Waals surface area contributed by atoms with E-state index in [4.69, 9.17) is 14.3 Å². The number of aryl methyl sites for hydroxylation is 1. The van der Waals surface area contributed by atoms with Crippen LogP contribution < -0.4 is 14.9 Å². The molecule has 3 aromatic heterocycles.